The standard InChI is InChI=1S/C84H133NO8/c1-6-8-10-12-14-16-18-20-22-24-26-28-30-32-34-36-38-40-41-43-45-47-49-51-53-55-57-59-61-63-65-67-69-71-73-75-82(87)93-80(79-92-84(83(88)89)90-77-76-85(3,4)5)78-91-81(86)74-72-70-68-66-64-62-60-58-56-54-52-50-48-46-44-42-39-37-35-33-31-29-27-25-23-21-19-17-15-13-11-9-7-2/h8-11,14-17,20-23,26-29,32-35,38-40,42-43,45,49,51,55,57,61,63,80,84H,6-7,12-13,18-19,24-25,30-31,36-37,41,44,46-48,50,52-54,56,58-60,62,64-79H2,1-5H3/b10-8-,11-9-,16-14-,17-15-,22-20-,23-21-,28-26-,29-27-,34-32-,35-33-,40-38-,42-39-,45-43-,51-49-,57-55-,63-61-. The maximum atomic E-state index is 12.9. The second-order valence-electron chi connectivity index (χ2n) is 24.8. The van der Waals surface area contributed by atoms with Gasteiger partial charge in [-0.3, -0.25) is 9.59 Å². The van der Waals surface area contributed by atoms with Gasteiger partial charge in [0.15, 0.2) is 12.4 Å². The van der Waals surface area contributed by atoms with Gasteiger partial charge in [0.1, 0.15) is 13.2 Å². The number of unbranched alkanes of at least 4 members (excludes halogenated alkanes) is 18. The summed E-state index contributed by atoms with van der Waals surface area (Å²) >= 11 is 0. The second kappa shape index (κ2) is 72.0. The van der Waals surface area contributed by atoms with E-state index >= 15 is 0 Å². The molecule has 0 amide bonds. The van der Waals surface area contributed by atoms with E-state index in [-0.39, 0.29) is 38.6 Å². The fourth-order valence-electron chi connectivity index (χ4n) is 9.33. The molecule has 0 radical (unpaired) electrons. The number of esters is 2. The average Bonchev–Trinajstić information content (AvgIpc) is 3.74. The third-order valence-corrected chi connectivity index (χ3v) is 14.8. The van der Waals surface area contributed by atoms with Crippen molar-refractivity contribution in [1.29, 1.82) is 0 Å². The molecule has 0 N–H and O–H groups in total. The van der Waals surface area contributed by atoms with E-state index in [1.807, 2.05) is 21.1 Å². The van der Waals surface area contributed by atoms with Crippen molar-refractivity contribution in [2.24, 2.45) is 0 Å². The Morgan fingerprint density at radius 2 is 0.581 bits per heavy atom. The minimum Gasteiger partial charge on any atom is -0.545 e. The SMILES string of the molecule is CC/C=C\C/C=C\C/C=C\C/C=C\C/C=C\C/C=C\C/C=C\C/C=C\C/C=C\C/C=C\CCCCCCC(=O)OC(COC(=O)CCCCCCCCCCCCCCCC/C=C\C/C=C\C/C=C\C/C=C\C/C=C\C/C=C\CC)COC(OCC[N+](C)(C)C)C(=O)[O-]. The van der Waals surface area contributed by atoms with Crippen LogP contribution in [0.15, 0.2) is 194 Å². The number of carbonyl (C=O) groups excluding carboxylic acids is 3. The zero-order chi connectivity index (χ0) is 67.5. The molecule has 0 saturated heterocycles. The van der Waals surface area contributed by atoms with E-state index in [4.69, 9.17) is 18.9 Å². The summed E-state index contributed by atoms with van der Waals surface area (Å²) in [6.07, 6.45) is 108. The first kappa shape index (κ1) is 87.1. The van der Waals surface area contributed by atoms with Crippen LogP contribution < -0.4 is 5.11 Å². The molecule has 522 valence electrons. The van der Waals surface area contributed by atoms with Gasteiger partial charge in [-0.25, -0.2) is 0 Å². The number of hydrogen-bond acceptors (Lipinski definition) is 8. The largest absolute Gasteiger partial charge is 0.545 e. The third kappa shape index (κ3) is 73.4. The van der Waals surface area contributed by atoms with Crippen LogP contribution in [0.3, 0.4) is 0 Å². The summed E-state index contributed by atoms with van der Waals surface area (Å²) < 4.78 is 22.8. The van der Waals surface area contributed by atoms with Crippen molar-refractivity contribution < 1.29 is 42.9 Å². The molecule has 0 aliphatic carbocycles. The Bertz CT molecular complexity index is 2230. The summed E-state index contributed by atoms with van der Waals surface area (Å²) in [5, 5.41) is 11.8. The van der Waals surface area contributed by atoms with E-state index in [1.165, 1.54) is 77.0 Å². The monoisotopic (exact) mass is 1280 g/mol. The van der Waals surface area contributed by atoms with Crippen LogP contribution >= 0.6 is 0 Å². The first-order chi connectivity index (χ1) is 45.6. The summed E-state index contributed by atoms with van der Waals surface area (Å²) in [6.45, 7) is 4.47. The first-order valence-electron chi connectivity index (χ1n) is 36.6. The van der Waals surface area contributed by atoms with Crippen LogP contribution in [0.5, 0.6) is 0 Å². The Labute approximate surface area is 570 Å². The van der Waals surface area contributed by atoms with Crippen molar-refractivity contribution in [2.75, 3.05) is 47.5 Å². The molecule has 0 heterocycles. The minimum absolute atomic E-state index is 0.132. The van der Waals surface area contributed by atoms with Gasteiger partial charge in [0.2, 0.25) is 0 Å². The van der Waals surface area contributed by atoms with Crippen LogP contribution in [0, 0.1) is 0 Å². The first-order valence-corrected chi connectivity index (χ1v) is 36.6. The van der Waals surface area contributed by atoms with Crippen LogP contribution in [-0.2, 0) is 33.3 Å². The molecule has 0 fully saturated rings. The number of allylic oxidation sites excluding steroid dienone is 32. The molecule has 0 aliphatic heterocycles. The van der Waals surface area contributed by atoms with Crippen molar-refractivity contribution in [3.63, 3.8) is 0 Å². The Kier molecular flexibility index (Phi) is 67.4. The van der Waals surface area contributed by atoms with E-state index in [2.05, 4.69) is 208 Å². The van der Waals surface area contributed by atoms with Gasteiger partial charge < -0.3 is 33.3 Å². The number of hydrogen-bond donors (Lipinski definition) is 0. The molecule has 0 aromatic rings. The van der Waals surface area contributed by atoms with Crippen molar-refractivity contribution in [3.05, 3.63) is 194 Å². The number of aliphatic carboxylic acids is 1. The third-order valence-electron chi connectivity index (χ3n) is 14.8. The Morgan fingerprint density at radius 3 is 0.860 bits per heavy atom. The zero-order valence-corrected chi connectivity index (χ0v) is 59.5. The van der Waals surface area contributed by atoms with Gasteiger partial charge in [0.05, 0.1) is 40.3 Å². The number of carbonyl (C=O) groups is 3. The van der Waals surface area contributed by atoms with Crippen molar-refractivity contribution >= 4 is 17.9 Å². The van der Waals surface area contributed by atoms with Crippen LogP contribution in [0.1, 0.15) is 258 Å². The number of nitrogens with zero attached hydrogens (tertiary/aromatic N) is 1. The highest BCUT2D eigenvalue weighted by Crippen LogP contribution is 2.16. The van der Waals surface area contributed by atoms with Gasteiger partial charge in [-0.2, -0.15) is 0 Å². The number of likely N-dealkylation sites (N-methyl/N-ethyl adjacent to an activating group) is 1. The topological polar surface area (TPSA) is 111 Å². The maximum absolute atomic E-state index is 12.9. The smallest absolute Gasteiger partial charge is 0.306 e. The van der Waals surface area contributed by atoms with Gasteiger partial charge in [-0.1, -0.05) is 298 Å². The van der Waals surface area contributed by atoms with E-state index in [0.717, 1.165) is 148 Å². The molecule has 0 saturated carbocycles. The normalized spacial score (nSPS) is 13.9. The quantitative estimate of drug-likeness (QED) is 0.0195. The van der Waals surface area contributed by atoms with Gasteiger partial charge in [0.25, 0.3) is 0 Å². The average molecular weight is 1280 g/mol. The number of ether oxygens (including phenoxy) is 4. The van der Waals surface area contributed by atoms with Crippen molar-refractivity contribution in [1.82, 2.24) is 0 Å². The van der Waals surface area contributed by atoms with Gasteiger partial charge in [-0.05, 0) is 141 Å². The lowest BCUT2D eigenvalue weighted by molar-refractivity contribution is -0.870. The summed E-state index contributed by atoms with van der Waals surface area (Å²) in [7, 11) is 5.91. The Balaban J connectivity index is 4.22. The lowest BCUT2D eigenvalue weighted by atomic mass is 10.0. The molecular formula is C84H133NO8. The van der Waals surface area contributed by atoms with Crippen LogP contribution in [0.25, 0.3) is 0 Å². The molecule has 0 aromatic heterocycles. The highest BCUT2D eigenvalue weighted by Gasteiger charge is 2.22. The zero-order valence-electron chi connectivity index (χ0n) is 59.5. The van der Waals surface area contributed by atoms with Crippen molar-refractivity contribution in [2.45, 2.75) is 270 Å². The summed E-state index contributed by atoms with van der Waals surface area (Å²) in [4.78, 5) is 37.5. The Morgan fingerprint density at radius 1 is 0.323 bits per heavy atom. The molecule has 0 spiro atoms. The fourth-order valence-corrected chi connectivity index (χ4v) is 9.33. The van der Waals surface area contributed by atoms with E-state index in [0.29, 0.717) is 17.4 Å². The fraction of sp³-hybridized carbons (Fsp3) is 0.583. The molecule has 2 atom stereocenters. The summed E-state index contributed by atoms with van der Waals surface area (Å²) in [6, 6.07) is 0. The number of carboxylic acids is 1. The van der Waals surface area contributed by atoms with E-state index in [1.54, 1.807) is 0 Å². The van der Waals surface area contributed by atoms with Gasteiger partial charge >= 0.3 is 11.9 Å². The molecule has 9 heteroatoms. The molecule has 0 aromatic carbocycles. The maximum Gasteiger partial charge on any atom is 0.306 e. The molecule has 93 heavy (non-hydrogen) atoms. The predicted molar refractivity (Wildman–Crippen MR) is 397 cm³/mol. The predicted octanol–water partition coefficient (Wildman–Crippen LogP) is 22.0. The molecule has 0 aliphatic rings. The molecule has 9 nitrogen and oxygen atoms in total. The van der Waals surface area contributed by atoms with Gasteiger partial charge in [0, 0.05) is 12.8 Å². The molecule has 0 bridgehead atoms. The van der Waals surface area contributed by atoms with Crippen LogP contribution in [0.2, 0.25) is 0 Å². The number of quaternary nitrogens is 1. The number of carboxylic acid groups (broad SMARTS) is 1. The van der Waals surface area contributed by atoms with Crippen molar-refractivity contribution in [3.8, 4) is 0 Å². The Hall–Kier alpha value is -5.87. The van der Waals surface area contributed by atoms with Crippen LogP contribution in [-0.4, -0.2) is 82.3 Å². The van der Waals surface area contributed by atoms with E-state index < -0.39 is 24.3 Å². The minimum atomic E-state index is -1.64. The lowest BCUT2D eigenvalue weighted by Gasteiger charge is -2.26. The number of rotatable bonds is 65. The summed E-state index contributed by atoms with van der Waals surface area (Å²) in [5.74, 6) is -2.34. The van der Waals surface area contributed by atoms with E-state index in [9.17, 15) is 19.5 Å². The highest BCUT2D eigenvalue weighted by molar-refractivity contribution is 5.70. The molecular weight excluding hydrogens is 1150 g/mol. The highest BCUT2D eigenvalue weighted by atomic mass is 16.7. The van der Waals surface area contributed by atoms with Crippen LogP contribution in [0.4, 0.5) is 0 Å². The molecule has 0 rings (SSSR count). The second-order valence-corrected chi connectivity index (χ2v) is 24.8. The summed E-state index contributed by atoms with van der Waals surface area (Å²) in [5.41, 5.74) is 0. The molecule has 2 unspecified atom stereocenters. The lowest BCUT2D eigenvalue weighted by Crippen LogP contribution is -2.44. The van der Waals surface area contributed by atoms with Gasteiger partial charge in [-0.15, -0.1) is 0 Å².